The Morgan fingerprint density at radius 3 is 2.38 bits per heavy atom. The van der Waals surface area contributed by atoms with Gasteiger partial charge in [0.05, 0.1) is 0 Å². The van der Waals surface area contributed by atoms with Crippen molar-refractivity contribution in [1.29, 1.82) is 0 Å². The van der Waals surface area contributed by atoms with E-state index in [-0.39, 0.29) is 5.91 Å². The minimum absolute atomic E-state index is 0.336. The van der Waals surface area contributed by atoms with Crippen molar-refractivity contribution in [2.45, 2.75) is 40.3 Å². The minimum Gasteiger partial charge on any atom is -0.384 e. The van der Waals surface area contributed by atoms with E-state index in [1.807, 2.05) is 6.92 Å². The van der Waals surface area contributed by atoms with Crippen LogP contribution in [-0.2, 0) is 11.3 Å². The van der Waals surface area contributed by atoms with Gasteiger partial charge in [-0.15, -0.1) is 0 Å². The summed E-state index contributed by atoms with van der Waals surface area (Å²) >= 11 is 0. The normalized spacial score (nSPS) is 12.3. The molecule has 1 atom stereocenters. The lowest BCUT2D eigenvalue weighted by Gasteiger charge is -2.11. The standard InChI is InChI=1S/C13H19NO2/c1-8-5-10(3)12(6-9(8)2)7-14-13(16)11(4)15/h5-6,11,15H,7H2,1-4H3,(H,14,16). The molecule has 3 heteroatoms. The molecule has 0 bridgehead atoms. The van der Waals surface area contributed by atoms with Gasteiger partial charge in [-0.1, -0.05) is 12.1 Å². The molecule has 1 unspecified atom stereocenters. The van der Waals surface area contributed by atoms with Crippen molar-refractivity contribution in [2.24, 2.45) is 0 Å². The molecular weight excluding hydrogens is 202 g/mol. The molecule has 2 N–H and O–H groups in total. The van der Waals surface area contributed by atoms with Crippen molar-refractivity contribution in [3.63, 3.8) is 0 Å². The SMILES string of the molecule is Cc1cc(C)c(CNC(=O)C(C)O)cc1C. The van der Waals surface area contributed by atoms with Gasteiger partial charge in [-0.2, -0.15) is 0 Å². The Hall–Kier alpha value is -1.35. The fourth-order valence-electron chi connectivity index (χ4n) is 1.54. The maximum absolute atomic E-state index is 11.2. The van der Waals surface area contributed by atoms with Gasteiger partial charge in [-0.05, 0) is 49.9 Å². The Kier molecular flexibility index (Phi) is 4.07. The third kappa shape index (κ3) is 3.07. The first kappa shape index (κ1) is 12.7. The van der Waals surface area contributed by atoms with Crippen LogP contribution in [0, 0.1) is 20.8 Å². The number of nitrogens with one attached hydrogen (secondary N) is 1. The van der Waals surface area contributed by atoms with E-state index in [1.54, 1.807) is 0 Å². The zero-order chi connectivity index (χ0) is 12.3. The largest absolute Gasteiger partial charge is 0.384 e. The van der Waals surface area contributed by atoms with Gasteiger partial charge in [-0.25, -0.2) is 0 Å². The van der Waals surface area contributed by atoms with E-state index >= 15 is 0 Å². The highest BCUT2D eigenvalue weighted by Gasteiger charge is 2.09. The van der Waals surface area contributed by atoms with Gasteiger partial charge < -0.3 is 10.4 Å². The molecule has 0 spiro atoms. The molecule has 0 heterocycles. The Morgan fingerprint density at radius 2 is 1.81 bits per heavy atom. The van der Waals surface area contributed by atoms with Crippen molar-refractivity contribution in [1.82, 2.24) is 5.32 Å². The van der Waals surface area contributed by atoms with Crippen LogP contribution in [0.4, 0.5) is 0 Å². The van der Waals surface area contributed by atoms with E-state index in [4.69, 9.17) is 5.11 Å². The van der Waals surface area contributed by atoms with E-state index in [9.17, 15) is 4.79 Å². The van der Waals surface area contributed by atoms with Gasteiger partial charge in [0, 0.05) is 6.54 Å². The van der Waals surface area contributed by atoms with Crippen LogP contribution in [0.3, 0.4) is 0 Å². The van der Waals surface area contributed by atoms with E-state index in [1.165, 1.54) is 18.1 Å². The van der Waals surface area contributed by atoms with Crippen LogP contribution in [0.5, 0.6) is 0 Å². The second kappa shape index (κ2) is 5.12. The van der Waals surface area contributed by atoms with Crippen molar-refractivity contribution >= 4 is 5.91 Å². The van der Waals surface area contributed by atoms with E-state index in [0.29, 0.717) is 6.54 Å². The molecule has 88 valence electrons. The zero-order valence-electron chi connectivity index (χ0n) is 10.3. The van der Waals surface area contributed by atoms with Crippen LogP contribution in [0.15, 0.2) is 12.1 Å². The molecule has 1 aromatic rings. The quantitative estimate of drug-likeness (QED) is 0.814. The van der Waals surface area contributed by atoms with Crippen molar-refractivity contribution < 1.29 is 9.90 Å². The second-order valence-corrected chi connectivity index (χ2v) is 4.26. The first-order chi connectivity index (χ1) is 7.41. The molecule has 16 heavy (non-hydrogen) atoms. The highest BCUT2D eigenvalue weighted by molar-refractivity contribution is 5.79. The van der Waals surface area contributed by atoms with Gasteiger partial charge in [0.1, 0.15) is 6.10 Å². The monoisotopic (exact) mass is 221 g/mol. The maximum Gasteiger partial charge on any atom is 0.248 e. The van der Waals surface area contributed by atoms with Crippen LogP contribution < -0.4 is 5.32 Å². The number of benzene rings is 1. The summed E-state index contributed by atoms with van der Waals surface area (Å²) in [6.07, 6.45) is -0.952. The number of aryl methyl sites for hydroxylation is 3. The first-order valence-corrected chi connectivity index (χ1v) is 5.44. The molecule has 0 saturated carbocycles. The summed E-state index contributed by atoms with van der Waals surface area (Å²) in [5.74, 6) is -0.336. The third-order valence-electron chi connectivity index (χ3n) is 2.78. The van der Waals surface area contributed by atoms with Crippen molar-refractivity contribution in [3.05, 3.63) is 34.4 Å². The average molecular weight is 221 g/mol. The molecule has 3 nitrogen and oxygen atoms in total. The fraction of sp³-hybridized carbons (Fsp3) is 0.462. The number of hydrogen-bond acceptors (Lipinski definition) is 2. The molecule has 1 rings (SSSR count). The summed E-state index contributed by atoms with van der Waals surface area (Å²) in [4.78, 5) is 11.2. The Balaban J connectivity index is 2.75. The molecule has 0 saturated heterocycles. The average Bonchev–Trinajstić information content (AvgIpc) is 2.20. The number of aliphatic hydroxyl groups excluding tert-OH is 1. The van der Waals surface area contributed by atoms with Crippen LogP contribution in [-0.4, -0.2) is 17.1 Å². The summed E-state index contributed by atoms with van der Waals surface area (Å²) in [5, 5.41) is 11.8. The van der Waals surface area contributed by atoms with Gasteiger partial charge in [0.2, 0.25) is 5.91 Å². The Bertz CT molecular complexity index is 397. The number of amides is 1. The summed E-state index contributed by atoms with van der Waals surface area (Å²) in [6.45, 7) is 8.07. The summed E-state index contributed by atoms with van der Waals surface area (Å²) in [5.41, 5.74) is 4.72. The lowest BCUT2D eigenvalue weighted by atomic mass is 10.0. The summed E-state index contributed by atoms with van der Waals surface area (Å²) in [7, 11) is 0. The molecule has 1 aromatic carbocycles. The topological polar surface area (TPSA) is 49.3 Å². The number of aliphatic hydroxyl groups is 1. The lowest BCUT2D eigenvalue weighted by molar-refractivity contribution is -0.128. The van der Waals surface area contributed by atoms with Gasteiger partial charge in [-0.3, -0.25) is 4.79 Å². The zero-order valence-corrected chi connectivity index (χ0v) is 10.3. The molecule has 0 aliphatic rings. The summed E-state index contributed by atoms with van der Waals surface area (Å²) in [6, 6.07) is 4.19. The number of carbonyl (C=O) groups excluding carboxylic acids is 1. The third-order valence-corrected chi connectivity index (χ3v) is 2.78. The lowest BCUT2D eigenvalue weighted by Crippen LogP contribution is -2.32. The van der Waals surface area contributed by atoms with Gasteiger partial charge in [0.15, 0.2) is 0 Å². The Morgan fingerprint density at radius 1 is 1.25 bits per heavy atom. The minimum atomic E-state index is -0.952. The predicted octanol–water partition coefficient (Wildman–Crippen LogP) is 1.61. The molecular formula is C13H19NO2. The first-order valence-electron chi connectivity index (χ1n) is 5.44. The molecule has 0 aliphatic heterocycles. The van der Waals surface area contributed by atoms with Crippen molar-refractivity contribution in [3.8, 4) is 0 Å². The van der Waals surface area contributed by atoms with E-state index in [0.717, 1.165) is 11.1 Å². The van der Waals surface area contributed by atoms with Crippen molar-refractivity contribution in [2.75, 3.05) is 0 Å². The van der Waals surface area contributed by atoms with Gasteiger partial charge >= 0.3 is 0 Å². The Labute approximate surface area is 96.5 Å². The van der Waals surface area contributed by atoms with Crippen LogP contribution in [0.1, 0.15) is 29.2 Å². The smallest absolute Gasteiger partial charge is 0.248 e. The molecule has 0 fully saturated rings. The molecule has 1 amide bonds. The van der Waals surface area contributed by atoms with Crippen LogP contribution in [0.2, 0.25) is 0 Å². The molecule has 0 aliphatic carbocycles. The number of rotatable bonds is 3. The summed E-state index contributed by atoms with van der Waals surface area (Å²) < 4.78 is 0. The highest BCUT2D eigenvalue weighted by Crippen LogP contribution is 2.15. The number of hydrogen-bond donors (Lipinski definition) is 2. The second-order valence-electron chi connectivity index (χ2n) is 4.26. The molecule has 0 aromatic heterocycles. The maximum atomic E-state index is 11.2. The van der Waals surface area contributed by atoms with E-state index < -0.39 is 6.10 Å². The predicted molar refractivity (Wildman–Crippen MR) is 64.2 cm³/mol. The van der Waals surface area contributed by atoms with Crippen LogP contribution >= 0.6 is 0 Å². The van der Waals surface area contributed by atoms with Gasteiger partial charge in [0.25, 0.3) is 0 Å². The molecule has 0 radical (unpaired) electrons. The van der Waals surface area contributed by atoms with E-state index in [2.05, 4.69) is 31.3 Å². The fourth-order valence-corrected chi connectivity index (χ4v) is 1.54. The van der Waals surface area contributed by atoms with Crippen LogP contribution in [0.25, 0.3) is 0 Å². The highest BCUT2D eigenvalue weighted by atomic mass is 16.3. The number of carbonyl (C=O) groups is 1.